The van der Waals surface area contributed by atoms with Gasteiger partial charge >= 0.3 is 12.1 Å². The summed E-state index contributed by atoms with van der Waals surface area (Å²) < 4.78 is 74.2. The molecular formula is C32H31F3N2O5S. The minimum atomic E-state index is -4.72. The molecule has 43 heavy (non-hydrogen) atoms. The molecule has 0 aliphatic carbocycles. The van der Waals surface area contributed by atoms with Crippen molar-refractivity contribution >= 4 is 33.1 Å². The van der Waals surface area contributed by atoms with Crippen molar-refractivity contribution < 1.29 is 36.2 Å². The summed E-state index contributed by atoms with van der Waals surface area (Å²) in [6, 6.07) is 24.1. The molecule has 0 saturated heterocycles. The third-order valence-electron chi connectivity index (χ3n) is 6.58. The van der Waals surface area contributed by atoms with E-state index in [1.165, 1.54) is 18.2 Å². The summed E-state index contributed by atoms with van der Waals surface area (Å²) in [4.78, 5) is 11.4. The third kappa shape index (κ3) is 8.74. The van der Waals surface area contributed by atoms with Gasteiger partial charge in [-0.1, -0.05) is 61.9 Å². The first-order valence-corrected chi connectivity index (χ1v) is 15.1. The van der Waals surface area contributed by atoms with Crippen LogP contribution in [0.3, 0.4) is 0 Å². The van der Waals surface area contributed by atoms with Gasteiger partial charge in [-0.15, -0.1) is 0 Å². The van der Waals surface area contributed by atoms with Crippen LogP contribution in [-0.2, 0) is 33.8 Å². The van der Waals surface area contributed by atoms with E-state index < -0.39 is 38.7 Å². The van der Waals surface area contributed by atoms with Gasteiger partial charge in [-0.2, -0.15) is 13.2 Å². The maximum atomic E-state index is 13.2. The molecule has 0 amide bonds. The quantitative estimate of drug-likeness (QED) is 0.143. The van der Waals surface area contributed by atoms with Crippen molar-refractivity contribution in [1.29, 1.82) is 0 Å². The number of hydrogen-bond donors (Lipinski definition) is 3. The molecule has 0 aliphatic heterocycles. The number of benzene rings is 4. The normalized spacial score (nSPS) is 12.4. The number of halogens is 3. The smallest absolute Gasteiger partial charge is 0.416 e. The standard InChI is InChI=1S/C32H31F3N2O5S/c1-2-3-8-22-13-15-25(16-14-22)36-29-21-26(42-30(31(38)39)19-23-9-5-4-6-10-23)17-18-28(29)37-43(40,41)27-12-7-11-24(20-27)32(33,34)35/h4-7,9-18,20-21,30,36-37H,2-3,8,19H2,1H3,(H,38,39). The molecule has 0 spiro atoms. The Bertz CT molecular complexity index is 1640. The van der Waals surface area contributed by atoms with E-state index in [9.17, 15) is 31.5 Å². The first-order chi connectivity index (χ1) is 20.4. The molecule has 4 rings (SSSR count). The molecule has 11 heteroatoms. The lowest BCUT2D eigenvalue weighted by Gasteiger charge is -2.19. The summed E-state index contributed by atoms with van der Waals surface area (Å²) in [7, 11) is -4.44. The van der Waals surface area contributed by atoms with Crippen LogP contribution in [0.1, 0.15) is 36.5 Å². The van der Waals surface area contributed by atoms with Crippen LogP contribution in [0, 0.1) is 0 Å². The van der Waals surface area contributed by atoms with Crippen molar-refractivity contribution in [2.24, 2.45) is 0 Å². The Kier molecular flexibility index (Phi) is 9.97. The molecule has 3 N–H and O–H groups in total. The van der Waals surface area contributed by atoms with Crippen LogP contribution in [0.2, 0.25) is 0 Å². The van der Waals surface area contributed by atoms with E-state index in [4.69, 9.17) is 4.74 Å². The largest absolute Gasteiger partial charge is 0.478 e. The van der Waals surface area contributed by atoms with E-state index in [0.29, 0.717) is 11.8 Å². The maximum absolute atomic E-state index is 13.2. The number of sulfonamides is 1. The maximum Gasteiger partial charge on any atom is 0.416 e. The zero-order valence-electron chi connectivity index (χ0n) is 23.3. The Morgan fingerprint density at radius 3 is 2.26 bits per heavy atom. The highest BCUT2D eigenvalue weighted by Gasteiger charge is 2.32. The molecule has 0 saturated carbocycles. The second-order valence-corrected chi connectivity index (χ2v) is 11.6. The Balaban J connectivity index is 1.66. The molecule has 7 nitrogen and oxygen atoms in total. The van der Waals surface area contributed by atoms with Crippen LogP contribution in [-0.4, -0.2) is 25.6 Å². The molecule has 0 bridgehead atoms. The summed E-state index contributed by atoms with van der Waals surface area (Å²) in [6.07, 6.45) is -2.89. The van der Waals surface area contributed by atoms with Crippen molar-refractivity contribution in [2.75, 3.05) is 10.0 Å². The molecule has 1 atom stereocenters. The fourth-order valence-electron chi connectivity index (χ4n) is 4.30. The Hall–Kier alpha value is -4.51. The van der Waals surface area contributed by atoms with Gasteiger partial charge in [0, 0.05) is 18.2 Å². The predicted octanol–water partition coefficient (Wildman–Crippen LogP) is 7.67. The zero-order valence-corrected chi connectivity index (χ0v) is 24.1. The molecule has 226 valence electrons. The molecule has 4 aromatic rings. The lowest BCUT2D eigenvalue weighted by molar-refractivity contribution is -0.145. The molecule has 1 unspecified atom stereocenters. The minimum absolute atomic E-state index is 0.0229. The highest BCUT2D eigenvalue weighted by atomic mass is 32.2. The van der Waals surface area contributed by atoms with Crippen molar-refractivity contribution in [3.8, 4) is 5.75 Å². The number of ether oxygens (including phenoxy) is 1. The van der Waals surface area contributed by atoms with Crippen LogP contribution in [0.15, 0.2) is 102 Å². The van der Waals surface area contributed by atoms with Crippen LogP contribution in [0.25, 0.3) is 0 Å². The second-order valence-electron chi connectivity index (χ2n) is 9.90. The molecule has 0 fully saturated rings. The first kappa shape index (κ1) is 31.4. The lowest BCUT2D eigenvalue weighted by Crippen LogP contribution is -2.29. The van der Waals surface area contributed by atoms with E-state index >= 15 is 0 Å². The Labute approximate surface area is 248 Å². The number of unbranched alkanes of at least 4 members (excludes halogenated alkanes) is 1. The summed E-state index contributed by atoms with van der Waals surface area (Å²) in [5, 5.41) is 12.9. The van der Waals surface area contributed by atoms with Gasteiger partial charge < -0.3 is 15.2 Å². The van der Waals surface area contributed by atoms with Gasteiger partial charge in [-0.3, -0.25) is 4.72 Å². The van der Waals surface area contributed by atoms with Crippen LogP contribution < -0.4 is 14.8 Å². The number of rotatable bonds is 13. The zero-order chi connectivity index (χ0) is 31.0. The molecule has 4 aromatic carbocycles. The summed E-state index contributed by atoms with van der Waals surface area (Å²) in [5.74, 6) is -1.04. The van der Waals surface area contributed by atoms with E-state index in [1.54, 1.807) is 24.3 Å². The van der Waals surface area contributed by atoms with Crippen LogP contribution >= 0.6 is 0 Å². The molecule has 0 aliphatic rings. The summed E-state index contributed by atoms with van der Waals surface area (Å²) in [6.45, 7) is 2.10. The first-order valence-electron chi connectivity index (χ1n) is 13.6. The van der Waals surface area contributed by atoms with E-state index in [0.717, 1.165) is 48.6 Å². The molecular weight excluding hydrogens is 581 g/mol. The van der Waals surface area contributed by atoms with E-state index in [1.807, 2.05) is 30.3 Å². The van der Waals surface area contributed by atoms with Crippen LogP contribution in [0.5, 0.6) is 5.75 Å². The van der Waals surface area contributed by atoms with Crippen molar-refractivity contribution in [3.05, 3.63) is 114 Å². The number of carboxylic acid groups (broad SMARTS) is 1. The lowest BCUT2D eigenvalue weighted by atomic mass is 10.1. The average Bonchev–Trinajstić information content (AvgIpc) is 2.98. The number of carboxylic acids is 1. The fourth-order valence-corrected chi connectivity index (χ4v) is 5.42. The Morgan fingerprint density at radius 1 is 0.884 bits per heavy atom. The van der Waals surface area contributed by atoms with Crippen molar-refractivity contribution in [2.45, 2.75) is 49.8 Å². The van der Waals surface area contributed by atoms with E-state index in [2.05, 4.69) is 17.0 Å². The predicted molar refractivity (Wildman–Crippen MR) is 159 cm³/mol. The van der Waals surface area contributed by atoms with Gasteiger partial charge in [0.15, 0.2) is 6.10 Å². The van der Waals surface area contributed by atoms with Crippen molar-refractivity contribution in [3.63, 3.8) is 0 Å². The van der Waals surface area contributed by atoms with Gasteiger partial charge in [0.1, 0.15) is 5.75 Å². The summed E-state index contributed by atoms with van der Waals surface area (Å²) in [5.41, 5.74) is 1.62. The van der Waals surface area contributed by atoms with Gasteiger partial charge in [0.05, 0.1) is 21.8 Å². The number of anilines is 3. The topological polar surface area (TPSA) is 105 Å². The highest BCUT2D eigenvalue weighted by molar-refractivity contribution is 7.92. The third-order valence-corrected chi connectivity index (χ3v) is 7.94. The number of hydrogen-bond acceptors (Lipinski definition) is 5. The number of aryl methyl sites for hydroxylation is 1. The SMILES string of the molecule is CCCCc1ccc(Nc2cc(OC(Cc3ccccc3)C(=O)O)ccc2NS(=O)(=O)c2cccc(C(F)(F)F)c2)cc1. The Morgan fingerprint density at radius 2 is 1.60 bits per heavy atom. The number of nitrogens with one attached hydrogen (secondary N) is 2. The fraction of sp³-hybridized carbons (Fsp3) is 0.219. The molecule has 0 aromatic heterocycles. The number of carbonyl (C=O) groups is 1. The van der Waals surface area contributed by atoms with Crippen LogP contribution in [0.4, 0.5) is 30.2 Å². The number of aliphatic carboxylic acids is 1. The average molecular weight is 613 g/mol. The molecule has 0 radical (unpaired) electrons. The van der Waals surface area contributed by atoms with Gasteiger partial charge in [-0.25, -0.2) is 13.2 Å². The van der Waals surface area contributed by atoms with Gasteiger partial charge in [0.2, 0.25) is 0 Å². The molecule has 0 heterocycles. The van der Waals surface area contributed by atoms with Crippen molar-refractivity contribution in [1.82, 2.24) is 0 Å². The second kappa shape index (κ2) is 13.6. The highest BCUT2D eigenvalue weighted by Crippen LogP contribution is 2.34. The van der Waals surface area contributed by atoms with Gasteiger partial charge in [0.25, 0.3) is 10.0 Å². The number of alkyl halides is 3. The van der Waals surface area contributed by atoms with Gasteiger partial charge in [-0.05, 0) is 66.4 Å². The minimum Gasteiger partial charge on any atom is -0.478 e. The monoisotopic (exact) mass is 612 g/mol. The van der Waals surface area contributed by atoms with E-state index in [-0.39, 0.29) is 23.5 Å². The summed E-state index contributed by atoms with van der Waals surface area (Å²) >= 11 is 0.